The number of amides is 1. The van der Waals surface area contributed by atoms with Crippen LogP contribution in [-0.2, 0) is 4.74 Å². The molecule has 0 aromatic carbocycles. The van der Waals surface area contributed by atoms with E-state index in [0.717, 1.165) is 57.4 Å². The van der Waals surface area contributed by atoms with Gasteiger partial charge < -0.3 is 19.6 Å². The molecule has 2 aliphatic heterocycles. The molecule has 0 radical (unpaired) electrons. The first-order valence-electron chi connectivity index (χ1n) is 8.70. The van der Waals surface area contributed by atoms with Crippen LogP contribution in [0, 0.1) is 11.8 Å². The molecule has 1 amide bonds. The molecule has 2 saturated heterocycles. The average molecular weight is 312 g/mol. The van der Waals surface area contributed by atoms with Crippen LogP contribution in [0.2, 0.25) is 0 Å². The predicted octanol–water partition coefficient (Wildman–Crippen LogP) is 2.34. The van der Waals surface area contributed by atoms with Gasteiger partial charge in [0, 0.05) is 19.6 Å². The molecule has 0 unspecified atom stereocenters. The van der Waals surface area contributed by atoms with Crippen molar-refractivity contribution in [2.75, 3.05) is 39.3 Å². The standard InChI is InChI=1S/C17H32N2O3/c1-17(2,3)22-16(21)19-10-6-15(7-11-19)14-4-8-18(9-5-14)12-13-20/h14-15,20H,4-13H2,1-3H3. The van der Waals surface area contributed by atoms with Crippen molar-refractivity contribution in [1.82, 2.24) is 9.80 Å². The Hall–Kier alpha value is -0.810. The largest absolute Gasteiger partial charge is 0.444 e. The number of carbonyl (C=O) groups is 1. The summed E-state index contributed by atoms with van der Waals surface area (Å²) in [6.07, 6.45) is 4.51. The van der Waals surface area contributed by atoms with Crippen LogP contribution in [-0.4, -0.2) is 65.9 Å². The molecule has 0 atom stereocenters. The molecule has 5 nitrogen and oxygen atoms in total. The number of hydrogen-bond donors (Lipinski definition) is 1. The number of nitrogens with zero attached hydrogens (tertiary/aromatic N) is 2. The number of hydrogen-bond acceptors (Lipinski definition) is 4. The van der Waals surface area contributed by atoms with Crippen LogP contribution < -0.4 is 0 Å². The fourth-order valence-electron chi connectivity index (χ4n) is 3.67. The van der Waals surface area contributed by atoms with Gasteiger partial charge in [0.05, 0.1) is 6.61 Å². The van der Waals surface area contributed by atoms with Gasteiger partial charge in [-0.2, -0.15) is 0 Å². The molecule has 0 saturated carbocycles. The van der Waals surface area contributed by atoms with Crippen molar-refractivity contribution in [2.24, 2.45) is 11.8 Å². The maximum Gasteiger partial charge on any atom is 0.410 e. The fourth-order valence-corrected chi connectivity index (χ4v) is 3.67. The number of aliphatic hydroxyl groups is 1. The zero-order chi connectivity index (χ0) is 16.2. The van der Waals surface area contributed by atoms with Gasteiger partial charge in [0.2, 0.25) is 0 Å². The average Bonchev–Trinajstić information content (AvgIpc) is 2.47. The van der Waals surface area contributed by atoms with Crippen molar-refractivity contribution >= 4 is 6.09 Å². The minimum atomic E-state index is -0.409. The van der Waals surface area contributed by atoms with Gasteiger partial charge in [0.1, 0.15) is 5.60 Å². The first-order valence-corrected chi connectivity index (χ1v) is 8.70. The van der Waals surface area contributed by atoms with Crippen molar-refractivity contribution in [3.05, 3.63) is 0 Å². The molecule has 22 heavy (non-hydrogen) atoms. The molecular formula is C17H32N2O3. The van der Waals surface area contributed by atoms with E-state index in [4.69, 9.17) is 9.84 Å². The van der Waals surface area contributed by atoms with E-state index in [0.29, 0.717) is 0 Å². The van der Waals surface area contributed by atoms with E-state index < -0.39 is 5.60 Å². The van der Waals surface area contributed by atoms with Gasteiger partial charge in [0.25, 0.3) is 0 Å². The highest BCUT2D eigenvalue weighted by molar-refractivity contribution is 5.68. The molecule has 0 aromatic rings. The summed E-state index contributed by atoms with van der Waals surface area (Å²) in [7, 11) is 0. The van der Waals surface area contributed by atoms with Crippen molar-refractivity contribution < 1.29 is 14.6 Å². The topological polar surface area (TPSA) is 53.0 Å². The van der Waals surface area contributed by atoms with Crippen LogP contribution in [0.3, 0.4) is 0 Å². The predicted molar refractivity (Wildman–Crippen MR) is 86.8 cm³/mol. The Morgan fingerprint density at radius 2 is 1.55 bits per heavy atom. The molecular weight excluding hydrogens is 280 g/mol. The SMILES string of the molecule is CC(C)(C)OC(=O)N1CCC(C2CCN(CCO)CC2)CC1. The summed E-state index contributed by atoms with van der Waals surface area (Å²) >= 11 is 0. The lowest BCUT2D eigenvalue weighted by atomic mass is 9.79. The smallest absolute Gasteiger partial charge is 0.410 e. The van der Waals surface area contributed by atoms with Gasteiger partial charge in [-0.15, -0.1) is 0 Å². The van der Waals surface area contributed by atoms with Gasteiger partial charge in [-0.3, -0.25) is 0 Å². The summed E-state index contributed by atoms with van der Waals surface area (Å²) in [5.41, 5.74) is -0.409. The number of β-amino-alcohol motifs (C(OH)–C–C–N with tert-alkyl or cyclic N) is 1. The second-order valence-corrected chi connectivity index (χ2v) is 7.71. The highest BCUT2D eigenvalue weighted by Gasteiger charge is 2.32. The Morgan fingerprint density at radius 3 is 2.00 bits per heavy atom. The number of rotatable bonds is 3. The molecule has 2 rings (SSSR count). The molecule has 1 N–H and O–H groups in total. The van der Waals surface area contributed by atoms with Crippen molar-refractivity contribution in [2.45, 2.75) is 52.1 Å². The third-order valence-corrected chi connectivity index (χ3v) is 4.91. The van der Waals surface area contributed by atoms with Crippen molar-refractivity contribution in [3.63, 3.8) is 0 Å². The molecule has 128 valence electrons. The number of piperidine rings is 2. The Morgan fingerprint density at radius 1 is 1.05 bits per heavy atom. The second-order valence-electron chi connectivity index (χ2n) is 7.71. The molecule has 0 aliphatic carbocycles. The lowest BCUT2D eigenvalue weighted by Gasteiger charge is -2.40. The molecule has 0 bridgehead atoms. The molecule has 2 aliphatic rings. The third-order valence-electron chi connectivity index (χ3n) is 4.91. The summed E-state index contributed by atoms with van der Waals surface area (Å²) in [6.45, 7) is 10.7. The molecule has 0 spiro atoms. The normalized spacial score (nSPS) is 22.8. The highest BCUT2D eigenvalue weighted by atomic mass is 16.6. The van der Waals surface area contributed by atoms with E-state index in [2.05, 4.69) is 4.90 Å². The van der Waals surface area contributed by atoms with E-state index in [1.807, 2.05) is 25.7 Å². The number of carbonyl (C=O) groups excluding carboxylic acids is 1. The summed E-state index contributed by atoms with van der Waals surface area (Å²) < 4.78 is 5.46. The minimum absolute atomic E-state index is 0.163. The van der Waals surface area contributed by atoms with Crippen LogP contribution in [0.15, 0.2) is 0 Å². The van der Waals surface area contributed by atoms with Gasteiger partial charge in [-0.25, -0.2) is 4.79 Å². The van der Waals surface area contributed by atoms with E-state index in [1.165, 1.54) is 12.8 Å². The van der Waals surface area contributed by atoms with Crippen molar-refractivity contribution in [3.8, 4) is 0 Å². The van der Waals surface area contributed by atoms with Crippen molar-refractivity contribution in [1.29, 1.82) is 0 Å². The van der Waals surface area contributed by atoms with Crippen LogP contribution in [0.4, 0.5) is 4.79 Å². The zero-order valence-electron chi connectivity index (χ0n) is 14.4. The monoisotopic (exact) mass is 312 g/mol. The second kappa shape index (κ2) is 7.64. The van der Waals surface area contributed by atoms with Gasteiger partial charge in [0.15, 0.2) is 0 Å². The van der Waals surface area contributed by atoms with Gasteiger partial charge in [-0.1, -0.05) is 0 Å². The van der Waals surface area contributed by atoms with E-state index in [9.17, 15) is 4.79 Å². The Labute approximate surface area is 134 Å². The summed E-state index contributed by atoms with van der Waals surface area (Å²) in [6, 6.07) is 0. The Kier molecular flexibility index (Phi) is 6.09. The highest BCUT2D eigenvalue weighted by Crippen LogP contribution is 2.32. The molecule has 2 fully saturated rings. The summed E-state index contributed by atoms with van der Waals surface area (Å²) in [5, 5.41) is 9.00. The first kappa shape index (κ1) is 17.5. The maximum absolute atomic E-state index is 12.1. The Bertz CT molecular complexity index is 351. The first-order chi connectivity index (χ1) is 10.4. The molecule has 2 heterocycles. The van der Waals surface area contributed by atoms with E-state index >= 15 is 0 Å². The van der Waals surface area contributed by atoms with E-state index in [-0.39, 0.29) is 12.7 Å². The zero-order valence-corrected chi connectivity index (χ0v) is 14.4. The maximum atomic E-state index is 12.1. The van der Waals surface area contributed by atoms with Crippen LogP contribution in [0.5, 0.6) is 0 Å². The van der Waals surface area contributed by atoms with Crippen LogP contribution in [0.1, 0.15) is 46.5 Å². The summed E-state index contributed by atoms with van der Waals surface area (Å²) in [4.78, 5) is 16.3. The van der Waals surface area contributed by atoms with Crippen LogP contribution >= 0.6 is 0 Å². The third kappa shape index (κ3) is 5.13. The van der Waals surface area contributed by atoms with Gasteiger partial charge >= 0.3 is 6.09 Å². The fraction of sp³-hybridized carbons (Fsp3) is 0.941. The number of aliphatic hydroxyl groups excluding tert-OH is 1. The molecule has 0 aromatic heterocycles. The number of ether oxygens (including phenoxy) is 1. The quantitative estimate of drug-likeness (QED) is 0.869. The van der Waals surface area contributed by atoms with Gasteiger partial charge in [-0.05, 0) is 71.4 Å². The number of likely N-dealkylation sites (tertiary alicyclic amines) is 2. The summed E-state index contributed by atoms with van der Waals surface area (Å²) in [5.74, 6) is 1.53. The molecule has 5 heteroatoms. The lowest BCUT2D eigenvalue weighted by molar-refractivity contribution is 0.0133. The van der Waals surface area contributed by atoms with Crippen LogP contribution in [0.25, 0.3) is 0 Å². The van der Waals surface area contributed by atoms with E-state index in [1.54, 1.807) is 0 Å². The Balaban J connectivity index is 1.72. The lowest BCUT2D eigenvalue weighted by Crippen LogP contribution is -2.44. The minimum Gasteiger partial charge on any atom is -0.444 e.